The Balaban J connectivity index is 1.49. The van der Waals surface area contributed by atoms with Crippen LogP contribution in [0.2, 0.25) is 0 Å². The lowest BCUT2D eigenvalue weighted by atomic mass is 9.93. The Labute approximate surface area is 178 Å². The fraction of sp³-hybridized carbons (Fsp3) is 0.636. The fourth-order valence-electron chi connectivity index (χ4n) is 5.08. The molecule has 3 aliphatic rings. The second-order valence-electron chi connectivity index (χ2n) is 8.67. The molecule has 1 N–H and O–H groups in total. The molecule has 1 aromatic carbocycles. The Kier molecular flexibility index (Phi) is 6.32. The van der Waals surface area contributed by atoms with Gasteiger partial charge in [-0.3, -0.25) is 9.59 Å². The number of benzene rings is 1. The number of hydrogen-bond acceptors (Lipinski definition) is 5. The maximum Gasteiger partial charge on any atom is 0.242 e. The van der Waals surface area contributed by atoms with Crippen molar-refractivity contribution in [2.45, 2.75) is 63.5 Å². The van der Waals surface area contributed by atoms with E-state index in [9.17, 15) is 18.0 Å². The van der Waals surface area contributed by atoms with Crippen molar-refractivity contribution in [2.24, 2.45) is 0 Å². The summed E-state index contributed by atoms with van der Waals surface area (Å²) in [5.74, 6) is 0.303. The maximum atomic E-state index is 13.3. The monoisotopic (exact) mass is 433 g/mol. The summed E-state index contributed by atoms with van der Waals surface area (Å²) < 4.78 is 24.1. The van der Waals surface area contributed by atoms with Gasteiger partial charge in [-0.05, 0) is 37.8 Å². The third kappa shape index (κ3) is 4.63. The van der Waals surface area contributed by atoms with Crippen molar-refractivity contribution in [1.82, 2.24) is 4.90 Å². The standard InChI is InChI=1S/C22H31N3O4S/c26-21-11-6-13-24(21)20-10-5-4-9-19(20)23-15-22(27)25(17-7-2-1-3-8-17)18-12-14-30(28,29)16-18/h4-5,9-10,17-18,23H,1-3,6-8,11-16H2/t18-/m1/s1. The van der Waals surface area contributed by atoms with Gasteiger partial charge in [0.25, 0.3) is 0 Å². The Morgan fingerprint density at radius 3 is 2.50 bits per heavy atom. The van der Waals surface area contributed by atoms with Crippen molar-refractivity contribution < 1.29 is 18.0 Å². The minimum absolute atomic E-state index is 0.0495. The lowest BCUT2D eigenvalue weighted by molar-refractivity contribution is -0.134. The van der Waals surface area contributed by atoms with Crippen molar-refractivity contribution in [3.05, 3.63) is 24.3 Å². The molecule has 0 radical (unpaired) electrons. The molecular weight excluding hydrogens is 402 g/mol. The van der Waals surface area contributed by atoms with Crippen LogP contribution in [0.15, 0.2) is 24.3 Å². The smallest absolute Gasteiger partial charge is 0.242 e. The van der Waals surface area contributed by atoms with Crippen molar-refractivity contribution in [3.63, 3.8) is 0 Å². The lowest BCUT2D eigenvalue weighted by Crippen LogP contribution is -2.50. The summed E-state index contributed by atoms with van der Waals surface area (Å²) in [7, 11) is -3.06. The molecule has 2 aliphatic heterocycles. The molecule has 0 spiro atoms. The van der Waals surface area contributed by atoms with E-state index in [0.717, 1.165) is 43.5 Å². The molecule has 1 saturated carbocycles. The summed E-state index contributed by atoms with van der Waals surface area (Å²) in [4.78, 5) is 29.1. The minimum atomic E-state index is -3.06. The van der Waals surface area contributed by atoms with E-state index < -0.39 is 9.84 Å². The first kappa shape index (κ1) is 21.2. The number of nitrogens with one attached hydrogen (secondary N) is 1. The molecule has 1 aromatic rings. The van der Waals surface area contributed by atoms with Crippen LogP contribution < -0.4 is 10.2 Å². The summed E-state index contributed by atoms with van der Waals surface area (Å²) in [6.45, 7) is 0.797. The van der Waals surface area contributed by atoms with Crippen LogP contribution in [-0.4, -0.2) is 61.8 Å². The predicted molar refractivity (Wildman–Crippen MR) is 117 cm³/mol. The second kappa shape index (κ2) is 8.96. The Bertz CT molecular complexity index is 895. The normalized spacial score (nSPS) is 24.2. The number of nitrogens with zero attached hydrogens (tertiary/aromatic N) is 2. The van der Waals surface area contributed by atoms with Gasteiger partial charge in [0.05, 0.1) is 29.4 Å². The van der Waals surface area contributed by atoms with E-state index in [1.807, 2.05) is 29.2 Å². The van der Waals surface area contributed by atoms with Crippen LogP contribution >= 0.6 is 0 Å². The highest BCUT2D eigenvalue weighted by Crippen LogP contribution is 2.31. The highest BCUT2D eigenvalue weighted by molar-refractivity contribution is 7.91. The zero-order chi connectivity index (χ0) is 21.1. The van der Waals surface area contributed by atoms with E-state index >= 15 is 0 Å². The number of carbonyl (C=O) groups is 2. The van der Waals surface area contributed by atoms with Crippen molar-refractivity contribution in [2.75, 3.05) is 34.8 Å². The van der Waals surface area contributed by atoms with Crippen LogP contribution in [0.3, 0.4) is 0 Å². The Morgan fingerprint density at radius 1 is 1.07 bits per heavy atom. The number of hydrogen-bond donors (Lipinski definition) is 1. The van der Waals surface area contributed by atoms with E-state index in [4.69, 9.17) is 0 Å². The van der Waals surface area contributed by atoms with E-state index in [1.54, 1.807) is 4.90 Å². The van der Waals surface area contributed by atoms with Crippen LogP contribution in [0, 0.1) is 0 Å². The van der Waals surface area contributed by atoms with Crippen LogP contribution in [-0.2, 0) is 19.4 Å². The molecule has 1 atom stereocenters. The van der Waals surface area contributed by atoms with E-state index in [-0.39, 0.29) is 41.9 Å². The van der Waals surface area contributed by atoms with Gasteiger partial charge in [0, 0.05) is 25.0 Å². The molecule has 7 nitrogen and oxygen atoms in total. The summed E-state index contributed by atoms with van der Waals surface area (Å²) in [6.07, 6.45) is 7.17. The second-order valence-corrected chi connectivity index (χ2v) is 10.9. The molecule has 3 fully saturated rings. The van der Waals surface area contributed by atoms with E-state index in [2.05, 4.69) is 5.32 Å². The molecule has 1 aliphatic carbocycles. The number of amides is 2. The molecule has 0 bridgehead atoms. The van der Waals surface area contributed by atoms with Crippen LogP contribution in [0.4, 0.5) is 11.4 Å². The SMILES string of the molecule is O=C1CCCN1c1ccccc1NCC(=O)N(C1CCCCC1)[C@@H]1CCS(=O)(=O)C1. The molecule has 2 saturated heterocycles. The summed E-state index contributed by atoms with van der Waals surface area (Å²) in [6, 6.07) is 7.48. The first-order valence-electron chi connectivity index (χ1n) is 11.1. The molecule has 2 heterocycles. The van der Waals surface area contributed by atoms with Gasteiger partial charge in [0.1, 0.15) is 0 Å². The molecule has 0 aromatic heterocycles. The zero-order valence-electron chi connectivity index (χ0n) is 17.4. The van der Waals surface area contributed by atoms with E-state index in [0.29, 0.717) is 19.4 Å². The van der Waals surface area contributed by atoms with Crippen LogP contribution in [0.5, 0.6) is 0 Å². The third-order valence-electron chi connectivity index (χ3n) is 6.56. The van der Waals surface area contributed by atoms with Crippen molar-refractivity contribution in [3.8, 4) is 0 Å². The van der Waals surface area contributed by atoms with Gasteiger partial charge < -0.3 is 15.1 Å². The predicted octanol–water partition coefficient (Wildman–Crippen LogP) is 2.57. The molecule has 2 amide bonds. The van der Waals surface area contributed by atoms with Gasteiger partial charge in [0.2, 0.25) is 11.8 Å². The largest absolute Gasteiger partial charge is 0.374 e. The highest BCUT2D eigenvalue weighted by atomic mass is 32.2. The summed E-state index contributed by atoms with van der Waals surface area (Å²) >= 11 is 0. The molecule has 4 rings (SSSR count). The van der Waals surface area contributed by atoms with Gasteiger partial charge in [0.15, 0.2) is 9.84 Å². The number of carbonyl (C=O) groups excluding carboxylic acids is 2. The molecular formula is C22H31N3O4S. The lowest BCUT2D eigenvalue weighted by Gasteiger charge is -2.38. The van der Waals surface area contributed by atoms with Gasteiger partial charge in [-0.25, -0.2) is 8.42 Å². The van der Waals surface area contributed by atoms with Gasteiger partial charge in [-0.1, -0.05) is 31.4 Å². The summed E-state index contributed by atoms with van der Waals surface area (Å²) in [5, 5.41) is 3.24. The van der Waals surface area contributed by atoms with Crippen molar-refractivity contribution >= 4 is 33.0 Å². The van der Waals surface area contributed by atoms with Crippen molar-refractivity contribution in [1.29, 1.82) is 0 Å². The van der Waals surface area contributed by atoms with Gasteiger partial charge in [-0.2, -0.15) is 0 Å². The van der Waals surface area contributed by atoms with Gasteiger partial charge in [-0.15, -0.1) is 0 Å². The number of rotatable bonds is 6. The number of anilines is 2. The average Bonchev–Trinajstić information content (AvgIpc) is 3.32. The first-order chi connectivity index (χ1) is 14.4. The Hall–Kier alpha value is -2.09. The summed E-state index contributed by atoms with van der Waals surface area (Å²) in [5.41, 5.74) is 1.57. The number of para-hydroxylation sites is 2. The average molecular weight is 434 g/mol. The molecule has 30 heavy (non-hydrogen) atoms. The molecule has 0 unspecified atom stereocenters. The van der Waals surface area contributed by atoms with E-state index in [1.165, 1.54) is 6.42 Å². The van der Waals surface area contributed by atoms with Gasteiger partial charge >= 0.3 is 0 Å². The number of sulfone groups is 1. The Morgan fingerprint density at radius 2 is 1.83 bits per heavy atom. The van der Waals surface area contributed by atoms with Crippen LogP contribution in [0.25, 0.3) is 0 Å². The fourth-order valence-corrected chi connectivity index (χ4v) is 6.79. The highest BCUT2D eigenvalue weighted by Gasteiger charge is 2.38. The first-order valence-corrected chi connectivity index (χ1v) is 12.9. The molecule has 8 heteroatoms. The minimum Gasteiger partial charge on any atom is -0.374 e. The molecule has 164 valence electrons. The third-order valence-corrected chi connectivity index (χ3v) is 8.31. The zero-order valence-corrected chi connectivity index (χ0v) is 18.2. The van der Waals surface area contributed by atoms with Crippen LogP contribution in [0.1, 0.15) is 51.4 Å². The maximum absolute atomic E-state index is 13.3. The quantitative estimate of drug-likeness (QED) is 0.745. The topological polar surface area (TPSA) is 86.8 Å².